The van der Waals surface area contributed by atoms with Crippen LogP contribution in [0.2, 0.25) is 0 Å². The van der Waals surface area contributed by atoms with E-state index in [2.05, 4.69) is 5.32 Å². The highest BCUT2D eigenvalue weighted by atomic mass is 32.2. The van der Waals surface area contributed by atoms with Gasteiger partial charge in [-0.05, 0) is 62.6 Å². The number of hydrogen-bond acceptors (Lipinski definition) is 3. The number of hydrogen-bond donors (Lipinski definition) is 1. The number of amides is 1. The molecule has 1 atom stereocenters. The maximum Gasteiger partial charge on any atom is 0.264 e. The van der Waals surface area contributed by atoms with Gasteiger partial charge in [0, 0.05) is 6.04 Å². The minimum atomic E-state index is -3.86. The lowest BCUT2D eigenvalue weighted by Gasteiger charge is -2.25. The molecule has 6 heteroatoms. The molecule has 2 aromatic carbocycles. The maximum absolute atomic E-state index is 13.2. The van der Waals surface area contributed by atoms with Crippen LogP contribution >= 0.6 is 0 Å². The number of benzene rings is 2. The maximum atomic E-state index is 13.2. The number of nitrogens with one attached hydrogen (secondary N) is 1. The van der Waals surface area contributed by atoms with Gasteiger partial charge in [-0.2, -0.15) is 0 Å². The zero-order chi connectivity index (χ0) is 20.0. The lowest BCUT2D eigenvalue weighted by molar-refractivity contribution is -0.120. The van der Waals surface area contributed by atoms with Crippen LogP contribution < -0.4 is 9.62 Å². The number of carbonyl (C=O) groups is 1. The molecule has 0 aromatic heterocycles. The molecular weight excluding hydrogens is 360 g/mol. The molecule has 0 radical (unpaired) electrons. The Kier molecular flexibility index (Phi) is 7.02. The van der Waals surface area contributed by atoms with E-state index in [4.69, 9.17) is 0 Å². The average molecular weight is 389 g/mol. The van der Waals surface area contributed by atoms with Crippen molar-refractivity contribution in [3.8, 4) is 0 Å². The van der Waals surface area contributed by atoms with Crippen LogP contribution in [0.3, 0.4) is 0 Å². The molecule has 2 rings (SSSR count). The first-order valence-corrected chi connectivity index (χ1v) is 10.6. The highest BCUT2D eigenvalue weighted by Gasteiger charge is 2.27. The van der Waals surface area contributed by atoms with Crippen molar-refractivity contribution in [3.05, 3.63) is 59.7 Å². The van der Waals surface area contributed by atoms with Crippen LogP contribution in [0.1, 0.15) is 37.8 Å². The van der Waals surface area contributed by atoms with E-state index in [1.165, 1.54) is 4.31 Å². The van der Waals surface area contributed by atoms with E-state index in [1.807, 2.05) is 33.8 Å². The highest BCUT2D eigenvalue weighted by molar-refractivity contribution is 7.92. The molecule has 0 aliphatic rings. The normalized spacial score (nSPS) is 12.4. The Labute approximate surface area is 162 Å². The van der Waals surface area contributed by atoms with Crippen LogP contribution in [-0.4, -0.2) is 26.9 Å². The second-order valence-electron chi connectivity index (χ2n) is 6.93. The second-order valence-corrected chi connectivity index (χ2v) is 8.79. The van der Waals surface area contributed by atoms with Crippen LogP contribution in [0.15, 0.2) is 53.4 Å². The number of carbonyl (C=O) groups excluding carboxylic acids is 1. The standard InChI is InChI=1S/C21H28N2O3S/c1-5-9-18(4)22-21(24)15-23(19-13-16(2)12-17(3)14-19)27(25,26)20-10-7-6-8-11-20/h6-8,10-14,18H,5,9,15H2,1-4H3,(H,22,24)/t18-/m1/s1. The fraction of sp³-hybridized carbons (Fsp3) is 0.381. The zero-order valence-corrected chi connectivity index (χ0v) is 17.2. The molecule has 0 bridgehead atoms. The first-order valence-electron chi connectivity index (χ1n) is 9.19. The van der Waals surface area contributed by atoms with Gasteiger partial charge in [0.2, 0.25) is 5.91 Å². The van der Waals surface area contributed by atoms with Crippen LogP contribution in [0.4, 0.5) is 5.69 Å². The molecule has 0 heterocycles. The summed E-state index contributed by atoms with van der Waals surface area (Å²) in [5.41, 5.74) is 2.38. The fourth-order valence-corrected chi connectivity index (χ4v) is 4.51. The van der Waals surface area contributed by atoms with Crippen molar-refractivity contribution in [2.45, 2.75) is 51.5 Å². The monoisotopic (exact) mass is 388 g/mol. The summed E-state index contributed by atoms with van der Waals surface area (Å²) in [6, 6.07) is 13.8. The fourth-order valence-electron chi connectivity index (χ4n) is 3.09. The summed E-state index contributed by atoms with van der Waals surface area (Å²) in [5, 5.41) is 2.89. The number of aryl methyl sites for hydroxylation is 2. The number of anilines is 1. The van der Waals surface area contributed by atoms with Crippen LogP contribution in [0, 0.1) is 13.8 Å². The summed E-state index contributed by atoms with van der Waals surface area (Å²) in [7, 11) is -3.86. The summed E-state index contributed by atoms with van der Waals surface area (Å²) >= 11 is 0. The minimum absolute atomic E-state index is 0.00280. The largest absolute Gasteiger partial charge is 0.352 e. The van der Waals surface area contributed by atoms with Crippen LogP contribution in [0.5, 0.6) is 0 Å². The molecule has 0 saturated carbocycles. The van der Waals surface area contributed by atoms with Crippen molar-refractivity contribution < 1.29 is 13.2 Å². The Morgan fingerprint density at radius 2 is 1.67 bits per heavy atom. The van der Waals surface area contributed by atoms with Crippen molar-refractivity contribution in [1.82, 2.24) is 5.32 Å². The third-order valence-electron chi connectivity index (χ3n) is 4.24. The highest BCUT2D eigenvalue weighted by Crippen LogP contribution is 2.25. The van der Waals surface area contributed by atoms with Crippen molar-refractivity contribution >= 4 is 21.6 Å². The molecule has 0 saturated heterocycles. The summed E-state index contributed by atoms with van der Waals surface area (Å²) < 4.78 is 27.7. The molecule has 0 spiro atoms. The smallest absolute Gasteiger partial charge is 0.264 e. The van der Waals surface area contributed by atoms with E-state index in [0.717, 1.165) is 24.0 Å². The predicted octanol–water partition coefficient (Wildman–Crippen LogP) is 3.80. The zero-order valence-electron chi connectivity index (χ0n) is 16.4. The van der Waals surface area contributed by atoms with E-state index in [9.17, 15) is 13.2 Å². The summed E-state index contributed by atoms with van der Waals surface area (Å²) in [5.74, 6) is -0.311. The van der Waals surface area contributed by atoms with E-state index in [0.29, 0.717) is 5.69 Å². The quantitative estimate of drug-likeness (QED) is 0.748. The molecule has 0 fully saturated rings. The Balaban J connectivity index is 2.41. The lowest BCUT2D eigenvalue weighted by Crippen LogP contribution is -2.43. The molecule has 146 valence electrons. The van der Waals surface area contributed by atoms with Gasteiger partial charge in [-0.3, -0.25) is 9.10 Å². The van der Waals surface area contributed by atoms with Crippen molar-refractivity contribution in [2.24, 2.45) is 0 Å². The minimum Gasteiger partial charge on any atom is -0.352 e. The Bertz CT molecular complexity index is 859. The van der Waals surface area contributed by atoms with Crippen LogP contribution in [0.25, 0.3) is 0 Å². The summed E-state index contributed by atoms with van der Waals surface area (Å²) in [6.45, 7) is 7.53. The van der Waals surface area contributed by atoms with Gasteiger partial charge in [0.15, 0.2) is 0 Å². The Morgan fingerprint density at radius 1 is 1.07 bits per heavy atom. The van der Waals surface area contributed by atoms with Gasteiger partial charge in [-0.1, -0.05) is 37.6 Å². The Morgan fingerprint density at radius 3 is 2.22 bits per heavy atom. The van der Waals surface area contributed by atoms with Crippen molar-refractivity contribution in [1.29, 1.82) is 0 Å². The van der Waals surface area contributed by atoms with Gasteiger partial charge in [0.25, 0.3) is 10.0 Å². The summed E-state index contributed by atoms with van der Waals surface area (Å²) in [4.78, 5) is 12.7. The van der Waals surface area contributed by atoms with Gasteiger partial charge >= 0.3 is 0 Å². The predicted molar refractivity (Wildman–Crippen MR) is 109 cm³/mol. The van der Waals surface area contributed by atoms with E-state index in [1.54, 1.807) is 42.5 Å². The van der Waals surface area contributed by atoms with E-state index < -0.39 is 10.0 Å². The topological polar surface area (TPSA) is 66.5 Å². The van der Waals surface area contributed by atoms with Gasteiger partial charge in [-0.15, -0.1) is 0 Å². The van der Waals surface area contributed by atoms with Crippen LogP contribution in [-0.2, 0) is 14.8 Å². The van der Waals surface area contributed by atoms with Gasteiger partial charge < -0.3 is 5.32 Å². The van der Waals surface area contributed by atoms with Gasteiger partial charge in [-0.25, -0.2) is 8.42 Å². The van der Waals surface area contributed by atoms with Crippen molar-refractivity contribution in [2.75, 3.05) is 10.8 Å². The molecule has 5 nitrogen and oxygen atoms in total. The van der Waals surface area contributed by atoms with Gasteiger partial charge in [0.1, 0.15) is 6.54 Å². The third kappa shape index (κ3) is 5.57. The molecular formula is C21H28N2O3S. The number of nitrogens with zero attached hydrogens (tertiary/aromatic N) is 1. The molecule has 0 aliphatic carbocycles. The molecule has 0 aliphatic heterocycles. The van der Waals surface area contributed by atoms with E-state index >= 15 is 0 Å². The molecule has 0 unspecified atom stereocenters. The molecule has 1 N–H and O–H groups in total. The number of sulfonamides is 1. The first-order chi connectivity index (χ1) is 12.7. The molecule has 27 heavy (non-hydrogen) atoms. The number of rotatable bonds is 8. The Hall–Kier alpha value is -2.34. The molecule has 2 aromatic rings. The molecule has 1 amide bonds. The van der Waals surface area contributed by atoms with Gasteiger partial charge in [0.05, 0.1) is 10.6 Å². The van der Waals surface area contributed by atoms with Crippen molar-refractivity contribution in [3.63, 3.8) is 0 Å². The average Bonchev–Trinajstić information content (AvgIpc) is 2.59. The lowest BCUT2D eigenvalue weighted by atomic mass is 10.1. The third-order valence-corrected chi connectivity index (χ3v) is 6.03. The second kappa shape index (κ2) is 9.04. The summed E-state index contributed by atoms with van der Waals surface area (Å²) in [6.07, 6.45) is 1.80. The SMILES string of the molecule is CCC[C@@H](C)NC(=O)CN(c1cc(C)cc(C)c1)S(=O)(=O)c1ccccc1. The first kappa shape index (κ1) is 21.0. The van der Waals surface area contributed by atoms with E-state index in [-0.39, 0.29) is 23.4 Å².